The van der Waals surface area contributed by atoms with E-state index in [1.165, 1.54) is 7.11 Å². The number of nitrogens with two attached hydrogens (primary N) is 1. The van der Waals surface area contributed by atoms with Gasteiger partial charge in [0.1, 0.15) is 6.42 Å². The van der Waals surface area contributed by atoms with Crippen molar-refractivity contribution in [1.82, 2.24) is 20.2 Å². The Kier molecular flexibility index (Phi) is 6.82. The lowest BCUT2D eigenvalue weighted by Crippen LogP contribution is -2.41. The Hall–Kier alpha value is -4.13. The molecule has 0 radical (unpaired) electrons. The number of nitriles is 1. The highest BCUT2D eigenvalue weighted by Crippen LogP contribution is 2.33. The number of likely N-dealkylation sites (tertiary alicyclic amines) is 1. The fourth-order valence-corrected chi connectivity index (χ4v) is 3.89. The minimum absolute atomic E-state index is 0.00769. The lowest BCUT2D eigenvalue weighted by molar-refractivity contribution is -0.129. The number of H-pyrrole nitrogens is 1. The van der Waals surface area contributed by atoms with Crippen molar-refractivity contribution in [3.8, 4) is 23.1 Å². The molecule has 0 bridgehead atoms. The van der Waals surface area contributed by atoms with Crippen LogP contribution in [-0.4, -0.2) is 59.1 Å². The lowest BCUT2D eigenvalue weighted by atomic mass is 9.87. The molecule has 33 heavy (non-hydrogen) atoms. The molecule has 0 aromatic carbocycles. The zero-order chi connectivity index (χ0) is 24.2. The van der Waals surface area contributed by atoms with Crippen molar-refractivity contribution in [3.63, 3.8) is 0 Å². The van der Waals surface area contributed by atoms with Crippen molar-refractivity contribution >= 4 is 23.7 Å². The van der Waals surface area contributed by atoms with Crippen LogP contribution in [0.2, 0.25) is 0 Å². The van der Waals surface area contributed by atoms with Gasteiger partial charge in [-0.05, 0) is 17.7 Å². The number of aromatic amines is 1. The quantitative estimate of drug-likeness (QED) is 0.354. The molecule has 1 fully saturated rings. The molecule has 3 heterocycles. The summed E-state index contributed by atoms with van der Waals surface area (Å²) < 4.78 is 5.19. The van der Waals surface area contributed by atoms with E-state index in [2.05, 4.69) is 15.3 Å². The maximum Gasteiger partial charge on any atom is 0.252 e. The zero-order valence-corrected chi connectivity index (χ0v) is 18.8. The second-order valence-corrected chi connectivity index (χ2v) is 8.48. The third kappa shape index (κ3) is 5.03. The molecule has 0 aliphatic carbocycles. The number of aromatic nitrogens is 2. The van der Waals surface area contributed by atoms with Crippen molar-refractivity contribution in [2.24, 2.45) is 11.1 Å². The maximum atomic E-state index is 12.3. The van der Waals surface area contributed by atoms with E-state index < -0.39 is 5.91 Å². The Morgan fingerprint density at radius 2 is 2.21 bits per heavy atom. The molecule has 1 unspecified atom stereocenters. The Bertz CT molecular complexity index is 1140. The summed E-state index contributed by atoms with van der Waals surface area (Å²) in [5.74, 6) is -0.518. The van der Waals surface area contributed by atoms with Gasteiger partial charge in [0.05, 0.1) is 36.2 Å². The number of pyridine rings is 1. The molecule has 1 aliphatic rings. The van der Waals surface area contributed by atoms with Crippen LogP contribution in [0.5, 0.6) is 5.88 Å². The number of nitrogens with zero attached hydrogens (tertiary/aromatic N) is 3. The van der Waals surface area contributed by atoms with Crippen molar-refractivity contribution in [2.75, 3.05) is 20.2 Å². The fourth-order valence-electron chi connectivity index (χ4n) is 3.89. The number of methoxy groups -OCH3 is 1. The van der Waals surface area contributed by atoms with Gasteiger partial charge in [0, 0.05) is 48.7 Å². The molecule has 10 heteroatoms. The van der Waals surface area contributed by atoms with Crippen LogP contribution in [0.1, 0.15) is 26.0 Å². The van der Waals surface area contributed by atoms with E-state index in [0.717, 1.165) is 17.3 Å². The fraction of sp³-hybridized carbons (Fsp3) is 0.348. The molecule has 2 aromatic heterocycles. The summed E-state index contributed by atoms with van der Waals surface area (Å²) in [6.07, 6.45) is 4.14. The van der Waals surface area contributed by atoms with E-state index in [-0.39, 0.29) is 29.4 Å². The van der Waals surface area contributed by atoms with Gasteiger partial charge in [-0.25, -0.2) is 4.98 Å². The molecule has 1 aliphatic heterocycles. The number of ether oxygens (including phenoxy) is 1. The van der Waals surface area contributed by atoms with Crippen LogP contribution < -0.4 is 15.8 Å². The molecule has 1 atom stereocenters. The van der Waals surface area contributed by atoms with Crippen LogP contribution in [0.15, 0.2) is 36.2 Å². The summed E-state index contributed by atoms with van der Waals surface area (Å²) in [6.45, 7) is 4.82. The summed E-state index contributed by atoms with van der Waals surface area (Å²) in [4.78, 5) is 33.3. The standard InChI is InChI=1S/C23H27N7O3/c1-23(2)13-30(20(31)4-6-24)12-18(23)29-21(16(10-25)22(26)32)17-8-15(11-28-17)14-5-7-27-19(9-14)33-3/h5,7-11,18,25,28-29H,4,12-13H2,1-3H3,(H2,26,32)/b21-16-,25-10?. The van der Waals surface area contributed by atoms with Gasteiger partial charge >= 0.3 is 0 Å². The summed E-state index contributed by atoms with van der Waals surface area (Å²) in [5, 5.41) is 20.0. The molecule has 5 N–H and O–H groups in total. The van der Waals surface area contributed by atoms with Gasteiger partial charge in [-0.1, -0.05) is 13.8 Å². The van der Waals surface area contributed by atoms with Crippen LogP contribution in [0.3, 0.4) is 0 Å². The SMILES string of the molecule is COc1cc(-c2c[nH]c(/C(NC3CN(C(=O)CC#N)CC3(C)C)=C(\C=N)C(N)=O)c2)ccn1. The smallest absolute Gasteiger partial charge is 0.252 e. The number of carbonyl (C=O) groups is 2. The van der Waals surface area contributed by atoms with Crippen molar-refractivity contribution in [1.29, 1.82) is 10.7 Å². The van der Waals surface area contributed by atoms with Crippen molar-refractivity contribution < 1.29 is 14.3 Å². The van der Waals surface area contributed by atoms with E-state index in [4.69, 9.17) is 21.1 Å². The summed E-state index contributed by atoms with van der Waals surface area (Å²) >= 11 is 0. The first-order chi connectivity index (χ1) is 15.7. The maximum absolute atomic E-state index is 12.3. The Balaban J connectivity index is 1.97. The minimum Gasteiger partial charge on any atom is -0.481 e. The Labute approximate surface area is 191 Å². The van der Waals surface area contributed by atoms with Crippen LogP contribution in [0, 0.1) is 22.2 Å². The van der Waals surface area contributed by atoms with Gasteiger partial charge in [-0.3, -0.25) is 9.59 Å². The Morgan fingerprint density at radius 3 is 2.85 bits per heavy atom. The molecule has 172 valence electrons. The molecule has 10 nitrogen and oxygen atoms in total. The van der Waals surface area contributed by atoms with E-state index in [1.807, 2.05) is 32.0 Å². The predicted molar refractivity (Wildman–Crippen MR) is 123 cm³/mol. The Morgan fingerprint density at radius 1 is 1.45 bits per heavy atom. The second kappa shape index (κ2) is 9.56. The third-order valence-electron chi connectivity index (χ3n) is 5.76. The van der Waals surface area contributed by atoms with Crippen LogP contribution in [0.4, 0.5) is 0 Å². The topological polar surface area (TPSA) is 161 Å². The van der Waals surface area contributed by atoms with E-state index in [0.29, 0.717) is 30.4 Å². The number of nitrogens with one attached hydrogen (secondary N) is 3. The molecular formula is C23H27N7O3. The largest absolute Gasteiger partial charge is 0.481 e. The summed E-state index contributed by atoms with van der Waals surface area (Å²) in [5.41, 5.74) is 7.85. The molecule has 2 amide bonds. The number of rotatable bonds is 8. The zero-order valence-electron chi connectivity index (χ0n) is 18.8. The average Bonchev–Trinajstić information content (AvgIpc) is 3.38. The highest BCUT2D eigenvalue weighted by Gasteiger charge is 2.42. The number of primary amides is 1. The van der Waals surface area contributed by atoms with Gasteiger partial charge in [-0.15, -0.1) is 0 Å². The normalized spacial score (nSPS) is 17.6. The number of amides is 2. The summed E-state index contributed by atoms with van der Waals surface area (Å²) in [6, 6.07) is 7.11. The number of carbonyl (C=O) groups excluding carboxylic acids is 2. The highest BCUT2D eigenvalue weighted by molar-refractivity contribution is 6.16. The van der Waals surface area contributed by atoms with E-state index in [1.54, 1.807) is 23.4 Å². The van der Waals surface area contributed by atoms with Crippen LogP contribution >= 0.6 is 0 Å². The van der Waals surface area contributed by atoms with E-state index >= 15 is 0 Å². The van der Waals surface area contributed by atoms with E-state index in [9.17, 15) is 9.59 Å². The first kappa shape index (κ1) is 23.5. The van der Waals surface area contributed by atoms with Crippen molar-refractivity contribution in [2.45, 2.75) is 26.3 Å². The first-order valence-electron chi connectivity index (χ1n) is 10.3. The monoisotopic (exact) mass is 449 g/mol. The van der Waals surface area contributed by atoms with Gasteiger partial charge in [0.2, 0.25) is 11.8 Å². The first-order valence-corrected chi connectivity index (χ1v) is 10.3. The van der Waals surface area contributed by atoms with Crippen LogP contribution in [0.25, 0.3) is 16.8 Å². The lowest BCUT2D eigenvalue weighted by Gasteiger charge is -2.28. The van der Waals surface area contributed by atoms with Crippen molar-refractivity contribution in [3.05, 3.63) is 41.9 Å². The van der Waals surface area contributed by atoms with Gasteiger partial charge < -0.3 is 31.1 Å². The molecule has 3 rings (SSSR count). The van der Waals surface area contributed by atoms with Gasteiger partial charge in [0.15, 0.2) is 0 Å². The third-order valence-corrected chi connectivity index (χ3v) is 5.76. The number of hydrogen-bond acceptors (Lipinski definition) is 7. The predicted octanol–water partition coefficient (Wildman–Crippen LogP) is 1.67. The molecule has 0 spiro atoms. The minimum atomic E-state index is -0.748. The molecular weight excluding hydrogens is 422 g/mol. The van der Waals surface area contributed by atoms with Gasteiger partial charge in [0.25, 0.3) is 5.91 Å². The highest BCUT2D eigenvalue weighted by atomic mass is 16.5. The molecule has 2 aromatic rings. The molecule has 0 saturated carbocycles. The second-order valence-electron chi connectivity index (χ2n) is 8.48. The molecule has 1 saturated heterocycles. The number of hydrogen-bond donors (Lipinski definition) is 4. The van der Waals surface area contributed by atoms with Gasteiger partial charge in [-0.2, -0.15) is 5.26 Å². The van der Waals surface area contributed by atoms with Crippen LogP contribution in [-0.2, 0) is 9.59 Å². The average molecular weight is 450 g/mol. The summed E-state index contributed by atoms with van der Waals surface area (Å²) in [7, 11) is 1.54.